The lowest BCUT2D eigenvalue weighted by atomic mass is 9.81. The largest absolute Gasteiger partial charge is 0.469 e. The average Bonchev–Trinajstić information content (AvgIpc) is 0.837. The quantitative estimate of drug-likeness (QED) is 0.0216. The van der Waals surface area contributed by atoms with Gasteiger partial charge in [-0.2, -0.15) is 0 Å². The van der Waals surface area contributed by atoms with Crippen LogP contribution in [0.15, 0.2) is 187 Å². The molecular formula is C102H152Cl2FN3O6S. The van der Waals surface area contributed by atoms with E-state index in [-0.39, 0.29) is 41.2 Å². The van der Waals surface area contributed by atoms with E-state index in [0.717, 1.165) is 33.2 Å². The number of nitro groups is 1. The van der Waals surface area contributed by atoms with Gasteiger partial charge in [-0.1, -0.05) is 318 Å². The monoisotopic (exact) mass is 1640 g/mol. The van der Waals surface area contributed by atoms with Gasteiger partial charge in [0.25, 0.3) is 5.69 Å². The van der Waals surface area contributed by atoms with Crippen molar-refractivity contribution in [1.82, 2.24) is 4.90 Å². The number of halogens is 3. The van der Waals surface area contributed by atoms with E-state index in [4.69, 9.17) is 32.7 Å². The Kier molecular flexibility index (Phi) is 52.6. The first-order chi connectivity index (χ1) is 53.3. The molecule has 0 aromatic heterocycles. The molecule has 1 saturated heterocycles. The predicted octanol–water partition coefficient (Wildman–Crippen LogP) is 31.4. The Balaban J connectivity index is 0.00000127. The van der Waals surface area contributed by atoms with Crippen LogP contribution in [0.25, 0.3) is 0 Å². The van der Waals surface area contributed by atoms with Gasteiger partial charge in [0.15, 0.2) is 5.78 Å². The third-order valence-electron chi connectivity index (χ3n) is 20.2. The van der Waals surface area contributed by atoms with Gasteiger partial charge in [0.1, 0.15) is 10.8 Å². The summed E-state index contributed by atoms with van der Waals surface area (Å²) < 4.78 is 22.2. The molecule has 8 aromatic carbocycles. The average molecular weight is 1640 g/mol. The van der Waals surface area contributed by atoms with Crippen LogP contribution in [0, 0.1) is 23.0 Å². The smallest absolute Gasteiger partial charge is 0.306 e. The number of ketones is 1. The first-order valence-electron chi connectivity index (χ1n) is 41.4. The van der Waals surface area contributed by atoms with Gasteiger partial charge in [-0.3, -0.25) is 19.7 Å². The van der Waals surface area contributed by atoms with Gasteiger partial charge < -0.3 is 19.3 Å². The minimum absolute atomic E-state index is 0. The summed E-state index contributed by atoms with van der Waals surface area (Å²) in [6.45, 7) is 59.1. The SMILES string of the molecule is C.CC(=O)c1cccc(C(C)C)c1.CC(C)CCN1CCCCC1.CC(C)c1ccc(Cl)c([N+](=O)[O-])c1.CC(C)c1ccc(N(C)C)cc1.CC(F)Oc1cccc(C(C)C)c1.CCC(C)(C)c1ccc(C(C)C)cc1.COC(=O)CC(C)(C)c1ccc(C(C)C)cc1.CSc1cccc(C(C)C)c1.Cc1cc(C(C)C)ccc1Cl. The Morgan fingerprint density at radius 1 is 0.530 bits per heavy atom. The number of carbonyl (C=O) groups is 2. The van der Waals surface area contributed by atoms with Gasteiger partial charge >= 0.3 is 5.97 Å². The zero-order valence-electron chi connectivity index (χ0n) is 75.8. The normalized spacial score (nSPS) is 12.1. The summed E-state index contributed by atoms with van der Waals surface area (Å²) in [5.74, 6) is 5.67. The van der Waals surface area contributed by atoms with Crippen LogP contribution in [0.3, 0.4) is 0 Å². The molecule has 0 saturated carbocycles. The van der Waals surface area contributed by atoms with E-state index < -0.39 is 11.3 Å². The van der Waals surface area contributed by atoms with Crippen molar-refractivity contribution in [2.75, 3.05) is 52.0 Å². The Bertz CT molecular complexity index is 3960. The minimum Gasteiger partial charge on any atom is -0.469 e. The molecule has 0 amide bonds. The number of methoxy groups -OCH3 is 1. The van der Waals surface area contributed by atoms with Gasteiger partial charge in [0.05, 0.1) is 18.5 Å². The van der Waals surface area contributed by atoms with E-state index >= 15 is 0 Å². The molecule has 9 nitrogen and oxygen atoms in total. The number of alkyl halides is 1. The molecule has 115 heavy (non-hydrogen) atoms. The van der Waals surface area contributed by atoms with Crippen LogP contribution in [-0.2, 0) is 20.4 Å². The van der Waals surface area contributed by atoms with Crippen LogP contribution >= 0.6 is 35.0 Å². The number of nitro benzene ring substituents is 1. The van der Waals surface area contributed by atoms with E-state index in [0.29, 0.717) is 59.0 Å². The number of likely N-dealkylation sites (tertiary alicyclic amines) is 1. The van der Waals surface area contributed by atoms with Crippen molar-refractivity contribution in [3.05, 3.63) is 269 Å². The lowest BCUT2D eigenvalue weighted by molar-refractivity contribution is -0.384. The number of anilines is 1. The fraction of sp³-hybridized carbons (Fsp3) is 0.510. The lowest BCUT2D eigenvalue weighted by Gasteiger charge is -2.26. The first kappa shape index (κ1) is 108. The van der Waals surface area contributed by atoms with Gasteiger partial charge in [-0.25, -0.2) is 4.39 Å². The molecule has 0 radical (unpaired) electrons. The number of carbonyl (C=O) groups excluding carboxylic acids is 2. The van der Waals surface area contributed by atoms with Crippen molar-refractivity contribution in [3.63, 3.8) is 0 Å². The van der Waals surface area contributed by atoms with Crippen LogP contribution < -0.4 is 9.64 Å². The maximum Gasteiger partial charge on any atom is 0.306 e. The van der Waals surface area contributed by atoms with Crippen LogP contribution in [0.1, 0.15) is 338 Å². The molecule has 638 valence electrons. The zero-order valence-corrected chi connectivity index (χ0v) is 78.1. The highest BCUT2D eigenvalue weighted by Gasteiger charge is 2.25. The molecule has 1 atom stereocenters. The number of hydrogen-bond donors (Lipinski definition) is 0. The summed E-state index contributed by atoms with van der Waals surface area (Å²) in [5.41, 5.74) is 16.2. The van der Waals surface area contributed by atoms with Crippen LogP contribution in [0.5, 0.6) is 5.75 Å². The molecule has 9 rings (SSSR count). The number of benzene rings is 8. The van der Waals surface area contributed by atoms with Crippen molar-refractivity contribution >= 4 is 58.1 Å². The molecule has 13 heteroatoms. The molecule has 0 aliphatic carbocycles. The van der Waals surface area contributed by atoms with Crippen molar-refractivity contribution in [2.24, 2.45) is 5.92 Å². The number of piperidine rings is 1. The second-order valence-electron chi connectivity index (χ2n) is 34.1. The first-order valence-corrected chi connectivity index (χ1v) is 43.4. The van der Waals surface area contributed by atoms with E-state index in [2.05, 4.69) is 291 Å². The predicted molar refractivity (Wildman–Crippen MR) is 502 cm³/mol. The second kappa shape index (κ2) is 56.2. The molecule has 0 N–H and O–H groups in total. The fourth-order valence-corrected chi connectivity index (χ4v) is 12.2. The molecular weight excluding hydrogens is 1490 g/mol. The van der Waals surface area contributed by atoms with Gasteiger partial charge in [-0.15, -0.1) is 11.8 Å². The number of nitrogens with zero attached hydrogens (tertiary/aromatic N) is 3. The highest BCUT2D eigenvalue weighted by Crippen LogP contribution is 2.32. The second-order valence-corrected chi connectivity index (χ2v) is 35.8. The maximum absolute atomic E-state index is 12.5. The van der Waals surface area contributed by atoms with Crippen molar-refractivity contribution in [3.8, 4) is 5.75 Å². The van der Waals surface area contributed by atoms with Crippen molar-refractivity contribution in [1.29, 1.82) is 0 Å². The summed E-state index contributed by atoms with van der Waals surface area (Å²) >= 11 is 13.3. The number of rotatable bonds is 22. The topological polar surface area (TPSA) is 102 Å². The minimum atomic E-state index is -1.25. The molecule has 1 fully saturated rings. The summed E-state index contributed by atoms with van der Waals surface area (Å²) in [6, 6.07) is 61.4. The number of hydrogen-bond acceptors (Lipinski definition) is 9. The Morgan fingerprint density at radius 3 is 1.31 bits per heavy atom. The van der Waals surface area contributed by atoms with Crippen LogP contribution in [-0.4, -0.2) is 75.0 Å². The Hall–Kier alpha value is -7.28. The highest BCUT2D eigenvalue weighted by molar-refractivity contribution is 7.98. The van der Waals surface area contributed by atoms with Crippen molar-refractivity contribution < 1.29 is 28.4 Å². The van der Waals surface area contributed by atoms with E-state index in [1.165, 1.54) is 127 Å². The number of aryl methyl sites for hydroxylation is 1. The molecule has 1 aliphatic rings. The zero-order chi connectivity index (χ0) is 86.8. The summed E-state index contributed by atoms with van der Waals surface area (Å²) in [4.78, 5) is 38.5. The molecule has 1 aliphatic heterocycles. The number of esters is 1. The van der Waals surface area contributed by atoms with Gasteiger partial charge in [-0.05, 0) is 240 Å². The third-order valence-corrected chi connectivity index (χ3v) is 21.7. The van der Waals surface area contributed by atoms with Crippen LogP contribution in [0.2, 0.25) is 10.0 Å². The summed E-state index contributed by atoms with van der Waals surface area (Å²) in [5, 5.41) is 11.6. The van der Waals surface area contributed by atoms with Gasteiger partial charge in [0.2, 0.25) is 6.36 Å². The van der Waals surface area contributed by atoms with Crippen molar-refractivity contribution in [2.45, 2.75) is 295 Å². The van der Waals surface area contributed by atoms with Gasteiger partial charge in [0, 0.05) is 53.7 Å². The maximum atomic E-state index is 12.5. The van der Waals surface area contributed by atoms with E-state index in [1.807, 2.05) is 63.2 Å². The third kappa shape index (κ3) is 43.7. The molecule has 8 aromatic rings. The fourth-order valence-electron chi connectivity index (χ4n) is 11.5. The van der Waals surface area contributed by atoms with E-state index in [1.54, 1.807) is 36.9 Å². The molecule has 1 unspecified atom stereocenters. The Labute approximate surface area is 714 Å². The molecule has 1 heterocycles. The molecule has 0 spiro atoms. The number of Topliss-reactive ketones (excluding diaryl/α,β-unsaturated/α-hetero) is 1. The lowest BCUT2D eigenvalue weighted by Crippen LogP contribution is -2.31. The van der Waals surface area contributed by atoms with E-state index in [9.17, 15) is 24.1 Å². The Morgan fingerprint density at radius 2 is 0.922 bits per heavy atom. The molecule has 0 bridgehead atoms. The number of thioether (sulfide) groups is 1. The standard InChI is InChI=1S/C15H22O2.C14H22.C11H15FO.C11H17N.C11H14O.C10H13Cl.C10H21N.C10H14S.C9H10ClNO2.CH4/c1-11(2)12-6-8-13(9-7-12)15(3,4)10-14(16)17-5;1-6-14(4,5)13-9-7-12(8-10-13)11(2)3;1-8(2)10-5-4-6-11(7-10)13-9(3)12;1-9(2)10-5-7-11(8-6-10)12(3)4;1-8(2)10-5-4-6-11(7-10)9(3)12;1-7(2)9-4-5-10(11)8(3)6-9;1-10(2)6-9-11-7-4-3-5-8-11;1-8(2)9-5-4-6-10(7-9)11-3;1-6(2)7-3-4-8(10)9(5-7)11(12)13;/h6-9,11H,10H2,1-5H3;7-11H,6H2,1-5H3;4-9H,1-3H3;5-9H,1-4H3;4-8H,1-3H3;4-7H,1-3H3;10H,3-9H2,1-2H3;4-8H,1-3H3;3-6H,1-2H3;1H4. The summed E-state index contributed by atoms with van der Waals surface area (Å²) in [6.07, 6.45) is 8.15. The number of ether oxygens (including phenoxy) is 2. The van der Waals surface area contributed by atoms with Crippen LogP contribution in [0.4, 0.5) is 15.8 Å². The highest BCUT2D eigenvalue weighted by atomic mass is 35.5. The summed E-state index contributed by atoms with van der Waals surface area (Å²) in [7, 11) is 5.55.